The molecule has 5 heteroatoms. The molecule has 1 aromatic heterocycles. The van der Waals surface area contributed by atoms with E-state index in [0.29, 0.717) is 24.6 Å². The lowest BCUT2D eigenvalue weighted by Gasteiger charge is -2.08. The third-order valence-corrected chi connectivity index (χ3v) is 3.68. The number of furan rings is 1. The van der Waals surface area contributed by atoms with Crippen LogP contribution in [0.2, 0.25) is 0 Å². The van der Waals surface area contributed by atoms with E-state index >= 15 is 0 Å². The van der Waals surface area contributed by atoms with Gasteiger partial charge in [0.05, 0.1) is 5.56 Å². The van der Waals surface area contributed by atoms with Gasteiger partial charge in [0.25, 0.3) is 0 Å². The van der Waals surface area contributed by atoms with Crippen LogP contribution >= 0.6 is 12.4 Å². The summed E-state index contributed by atoms with van der Waals surface area (Å²) in [6.45, 7) is 6.24. The number of fused-ring (bicyclic) bond motifs is 3. The molecule has 1 heterocycles. The molecule has 4 nitrogen and oxygen atoms in total. The van der Waals surface area contributed by atoms with Crippen LogP contribution in [0, 0.1) is 5.92 Å². The number of rotatable bonds is 6. The van der Waals surface area contributed by atoms with Crippen LogP contribution in [0.15, 0.2) is 46.9 Å². The molecule has 0 saturated carbocycles. The number of halogens is 1. The molecule has 0 bridgehead atoms. The van der Waals surface area contributed by atoms with Crippen LogP contribution in [0.5, 0.6) is 0 Å². The molecule has 128 valence electrons. The van der Waals surface area contributed by atoms with Gasteiger partial charge in [-0.05, 0) is 36.7 Å². The number of benzene rings is 2. The van der Waals surface area contributed by atoms with Crippen molar-refractivity contribution in [2.75, 3.05) is 19.7 Å². The van der Waals surface area contributed by atoms with Crippen molar-refractivity contribution in [1.29, 1.82) is 0 Å². The van der Waals surface area contributed by atoms with Crippen LogP contribution in [-0.2, 0) is 4.74 Å². The average Bonchev–Trinajstić information content (AvgIpc) is 2.91. The molecule has 0 aliphatic heterocycles. The normalized spacial score (nSPS) is 11.0. The summed E-state index contributed by atoms with van der Waals surface area (Å²) >= 11 is 0. The molecular weight excluding hydrogens is 326 g/mol. The van der Waals surface area contributed by atoms with Crippen LogP contribution in [-0.4, -0.2) is 25.7 Å². The van der Waals surface area contributed by atoms with Crippen molar-refractivity contribution in [2.45, 2.75) is 13.8 Å². The second-order valence-corrected chi connectivity index (χ2v) is 6.04. The minimum absolute atomic E-state index is 0. The van der Waals surface area contributed by atoms with Gasteiger partial charge in [0.1, 0.15) is 17.8 Å². The fourth-order valence-electron chi connectivity index (χ4n) is 2.54. The van der Waals surface area contributed by atoms with Crippen molar-refractivity contribution in [3.63, 3.8) is 0 Å². The Morgan fingerprint density at radius 1 is 1.12 bits per heavy atom. The van der Waals surface area contributed by atoms with Crippen LogP contribution in [0.25, 0.3) is 21.9 Å². The van der Waals surface area contributed by atoms with Gasteiger partial charge in [0, 0.05) is 17.3 Å². The van der Waals surface area contributed by atoms with Gasteiger partial charge in [-0.1, -0.05) is 32.0 Å². The van der Waals surface area contributed by atoms with Gasteiger partial charge in [-0.25, -0.2) is 4.79 Å². The third kappa shape index (κ3) is 4.08. The molecule has 0 spiro atoms. The number of hydrogen-bond acceptors (Lipinski definition) is 4. The number of para-hydroxylation sites is 1. The summed E-state index contributed by atoms with van der Waals surface area (Å²) in [6.07, 6.45) is 0. The monoisotopic (exact) mass is 347 g/mol. The second-order valence-electron chi connectivity index (χ2n) is 6.04. The zero-order valence-electron chi connectivity index (χ0n) is 13.9. The minimum Gasteiger partial charge on any atom is -0.461 e. The number of nitrogens with one attached hydrogen (secondary N) is 1. The predicted molar refractivity (Wildman–Crippen MR) is 99.0 cm³/mol. The Balaban J connectivity index is 0.00000208. The highest BCUT2D eigenvalue weighted by atomic mass is 35.5. The van der Waals surface area contributed by atoms with Crippen molar-refractivity contribution in [3.05, 3.63) is 48.0 Å². The summed E-state index contributed by atoms with van der Waals surface area (Å²) in [4.78, 5) is 12.2. The van der Waals surface area contributed by atoms with Crippen LogP contribution in [0.3, 0.4) is 0 Å². The van der Waals surface area contributed by atoms with E-state index in [2.05, 4.69) is 19.2 Å². The van der Waals surface area contributed by atoms with Gasteiger partial charge in [0.2, 0.25) is 0 Å². The Bertz CT molecular complexity index is 826. The minimum atomic E-state index is -0.302. The molecule has 0 radical (unpaired) electrons. The maximum absolute atomic E-state index is 12.2. The molecule has 0 unspecified atom stereocenters. The molecule has 2 aromatic carbocycles. The highest BCUT2D eigenvalue weighted by Gasteiger charge is 2.12. The van der Waals surface area contributed by atoms with Crippen molar-refractivity contribution >= 4 is 40.3 Å². The molecule has 0 aliphatic rings. The number of carbonyl (C=O) groups excluding carboxylic acids is 1. The van der Waals surface area contributed by atoms with Gasteiger partial charge in [-0.2, -0.15) is 0 Å². The van der Waals surface area contributed by atoms with Crippen molar-refractivity contribution in [1.82, 2.24) is 5.32 Å². The highest BCUT2D eigenvalue weighted by molar-refractivity contribution is 6.07. The molecule has 0 fully saturated rings. The van der Waals surface area contributed by atoms with E-state index in [1.165, 1.54) is 0 Å². The zero-order valence-corrected chi connectivity index (χ0v) is 14.7. The van der Waals surface area contributed by atoms with E-state index in [0.717, 1.165) is 28.5 Å². The summed E-state index contributed by atoms with van der Waals surface area (Å²) in [7, 11) is 0. The summed E-state index contributed by atoms with van der Waals surface area (Å²) in [6, 6.07) is 13.2. The van der Waals surface area contributed by atoms with Crippen LogP contribution < -0.4 is 5.32 Å². The molecule has 24 heavy (non-hydrogen) atoms. The molecule has 3 rings (SSSR count). The Kier molecular flexibility index (Phi) is 6.23. The van der Waals surface area contributed by atoms with Crippen molar-refractivity contribution in [3.8, 4) is 0 Å². The topological polar surface area (TPSA) is 51.5 Å². The summed E-state index contributed by atoms with van der Waals surface area (Å²) in [5.41, 5.74) is 2.15. The Morgan fingerprint density at radius 3 is 2.67 bits per heavy atom. The van der Waals surface area contributed by atoms with E-state index in [9.17, 15) is 4.79 Å². The van der Waals surface area contributed by atoms with Crippen LogP contribution in [0.4, 0.5) is 0 Å². The van der Waals surface area contributed by atoms with Gasteiger partial charge in [-0.15, -0.1) is 12.4 Å². The predicted octanol–water partition coefficient (Wildman–Crippen LogP) is 4.41. The maximum Gasteiger partial charge on any atom is 0.338 e. The standard InChI is InChI=1S/C19H21NO3.ClH/c1-13(2)12-20-9-10-22-19(21)14-7-8-18-16(11-14)15-5-3-4-6-17(15)23-18;/h3-8,11,13,20H,9-10,12H2,1-2H3;1H. The summed E-state index contributed by atoms with van der Waals surface area (Å²) in [5, 5.41) is 5.20. The molecule has 0 atom stereocenters. The molecular formula is C19H22ClNO3. The fraction of sp³-hybridized carbons (Fsp3) is 0.316. The first-order chi connectivity index (χ1) is 11.1. The largest absolute Gasteiger partial charge is 0.461 e. The first kappa shape index (κ1) is 18.3. The SMILES string of the molecule is CC(C)CNCCOC(=O)c1ccc2oc3ccccc3c2c1.Cl. The molecule has 1 N–H and O–H groups in total. The molecule has 3 aromatic rings. The van der Waals surface area contributed by atoms with Gasteiger partial charge < -0.3 is 14.5 Å². The van der Waals surface area contributed by atoms with E-state index < -0.39 is 0 Å². The number of ether oxygens (including phenoxy) is 1. The van der Waals surface area contributed by atoms with Gasteiger partial charge in [-0.3, -0.25) is 0 Å². The van der Waals surface area contributed by atoms with Crippen molar-refractivity contribution in [2.24, 2.45) is 5.92 Å². The quantitative estimate of drug-likeness (QED) is 0.530. The third-order valence-electron chi connectivity index (χ3n) is 3.68. The van der Waals surface area contributed by atoms with Gasteiger partial charge >= 0.3 is 5.97 Å². The van der Waals surface area contributed by atoms with E-state index in [1.54, 1.807) is 6.07 Å². The Morgan fingerprint density at radius 2 is 1.88 bits per heavy atom. The van der Waals surface area contributed by atoms with E-state index in [4.69, 9.17) is 9.15 Å². The fourth-order valence-corrected chi connectivity index (χ4v) is 2.54. The maximum atomic E-state index is 12.2. The molecule has 0 amide bonds. The lowest BCUT2D eigenvalue weighted by molar-refractivity contribution is 0.0508. The number of hydrogen-bond donors (Lipinski definition) is 1. The summed E-state index contributed by atoms with van der Waals surface area (Å²) < 4.78 is 11.1. The second kappa shape index (κ2) is 8.18. The Labute approximate surface area is 147 Å². The Hall–Kier alpha value is -2.04. The van der Waals surface area contributed by atoms with E-state index in [1.807, 2.05) is 36.4 Å². The van der Waals surface area contributed by atoms with Gasteiger partial charge in [0.15, 0.2) is 0 Å². The highest BCUT2D eigenvalue weighted by Crippen LogP contribution is 2.29. The molecule has 0 aliphatic carbocycles. The summed E-state index contributed by atoms with van der Waals surface area (Å²) in [5.74, 6) is 0.283. The first-order valence-corrected chi connectivity index (χ1v) is 7.94. The molecule has 0 saturated heterocycles. The zero-order chi connectivity index (χ0) is 16.2. The first-order valence-electron chi connectivity index (χ1n) is 7.94. The number of carbonyl (C=O) groups is 1. The van der Waals surface area contributed by atoms with Crippen molar-refractivity contribution < 1.29 is 13.9 Å². The van der Waals surface area contributed by atoms with E-state index in [-0.39, 0.29) is 18.4 Å². The smallest absolute Gasteiger partial charge is 0.338 e. The number of esters is 1. The lowest BCUT2D eigenvalue weighted by Crippen LogP contribution is -2.25. The van der Waals surface area contributed by atoms with Crippen LogP contribution in [0.1, 0.15) is 24.2 Å². The lowest BCUT2D eigenvalue weighted by atomic mass is 10.1. The average molecular weight is 348 g/mol.